The molecule has 7 heteroatoms. The van der Waals surface area contributed by atoms with E-state index in [4.69, 9.17) is 4.74 Å². The number of carbonyl (C=O) groups is 1. The largest absolute Gasteiger partial charge is 0.442 e. The molecule has 2 heterocycles. The van der Waals surface area contributed by atoms with Gasteiger partial charge in [0.1, 0.15) is 5.52 Å². The van der Waals surface area contributed by atoms with E-state index in [1.807, 2.05) is 30.5 Å². The number of benzene rings is 2. The summed E-state index contributed by atoms with van der Waals surface area (Å²) in [5.74, 6) is -0.392. The molecule has 0 fully saturated rings. The average Bonchev–Trinajstić information content (AvgIpc) is 3.09. The van der Waals surface area contributed by atoms with Crippen LogP contribution in [0.15, 0.2) is 59.5 Å². The number of aromatic amines is 1. The zero-order valence-electron chi connectivity index (χ0n) is 13.9. The van der Waals surface area contributed by atoms with Crippen molar-refractivity contribution in [3.05, 3.63) is 70.6 Å². The van der Waals surface area contributed by atoms with E-state index in [0.717, 1.165) is 21.1 Å². The molecule has 0 saturated heterocycles. The molecule has 7 nitrogen and oxygen atoms in total. The Bertz CT molecular complexity index is 1150. The number of aryl methyl sites for hydroxylation is 1. The van der Waals surface area contributed by atoms with Crippen molar-refractivity contribution in [2.75, 3.05) is 0 Å². The highest BCUT2D eigenvalue weighted by Gasteiger charge is 2.10. The van der Waals surface area contributed by atoms with Gasteiger partial charge in [0.25, 0.3) is 5.56 Å². The Morgan fingerprint density at radius 1 is 1.08 bits per heavy atom. The Morgan fingerprint density at radius 2 is 1.85 bits per heavy atom. The van der Waals surface area contributed by atoms with Crippen LogP contribution in [0.2, 0.25) is 0 Å². The number of nitrogens with zero attached hydrogens (tertiary/aromatic N) is 3. The normalized spacial score (nSPS) is 11.1. The molecular weight excluding hydrogens is 332 g/mol. The first kappa shape index (κ1) is 16.0. The van der Waals surface area contributed by atoms with E-state index in [-0.39, 0.29) is 18.7 Å². The van der Waals surface area contributed by atoms with Crippen LogP contribution in [0.3, 0.4) is 0 Å². The second kappa shape index (κ2) is 6.79. The number of para-hydroxylation sites is 1. The molecule has 0 spiro atoms. The number of carbonyl (C=O) groups excluding carboxylic acids is 1. The maximum atomic E-state index is 12.3. The van der Waals surface area contributed by atoms with Crippen LogP contribution in [0.5, 0.6) is 0 Å². The molecule has 0 atom stereocenters. The first-order valence-electron chi connectivity index (χ1n) is 8.25. The number of esters is 1. The summed E-state index contributed by atoms with van der Waals surface area (Å²) < 4.78 is 6.23. The van der Waals surface area contributed by atoms with Gasteiger partial charge in [0.05, 0.1) is 5.39 Å². The summed E-state index contributed by atoms with van der Waals surface area (Å²) in [4.78, 5) is 27.5. The van der Waals surface area contributed by atoms with Crippen LogP contribution >= 0.6 is 0 Å². The Balaban J connectivity index is 1.40. The van der Waals surface area contributed by atoms with Crippen LogP contribution < -0.4 is 5.56 Å². The Morgan fingerprint density at radius 3 is 2.73 bits per heavy atom. The third kappa shape index (κ3) is 3.06. The molecular formula is C19H16N4O3. The lowest BCUT2D eigenvalue weighted by Gasteiger charge is -2.06. The van der Waals surface area contributed by atoms with Gasteiger partial charge in [-0.3, -0.25) is 9.59 Å². The fourth-order valence-electron chi connectivity index (χ4n) is 2.89. The van der Waals surface area contributed by atoms with Gasteiger partial charge in [-0.15, -0.1) is 5.10 Å². The predicted octanol–water partition coefficient (Wildman–Crippen LogP) is 2.41. The maximum absolute atomic E-state index is 12.3. The van der Waals surface area contributed by atoms with Crippen molar-refractivity contribution >= 4 is 27.8 Å². The predicted molar refractivity (Wildman–Crippen MR) is 96.5 cm³/mol. The number of H-pyrrole nitrogens is 1. The molecule has 0 unspecified atom stereocenters. The van der Waals surface area contributed by atoms with Crippen molar-refractivity contribution < 1.29 is 9.53 Å². The van der Waals surface area contributed by atoms with E-state index in [0.29, 0.717) is 17.3 Å². The molecule has 4 rings (SSSR count). The first-order valence-corrected chi connectivity index (χ1v) is 8.25. The average molecular weight is 348 g/mol. The summed E-state index contributed by atoms with van der Waals surface area (Å²) in [5, 5.41) is 9.30. The van der Waals surface area contributed by atoms with E-state index in [9.17, 15) is 9.59 Å². The molecule has 0 aliphatic heterocycles. The number of hydrogen-bond acceptors (Lipinski definition) is 5. The summed E-state index contributed by atoms with van der Waals surface area (Å²) in [5.41, 5.74) is 2.27. The molecule has 0 saturated carbocycles. The molecule has 0 amide bonds. The lowest BCUT2D eigenvalue weighted by molar-refractivity contribution is -0.148. The SMILES string of the molecule is O=C(CCc1c[nH]c2ccccc12)OCn1nnc2ccccc2c1=O. The van der Waals surface area contributed by atoms with Gasteiger partial charge in [0.15, 0.2) is 6.73 Å². The highest BCUT2D eigenvalue weighted by molar-refractivity contribution is 5.83. The zero-order chi connectivity index (χ0) is 17.9. The summed E-state index contributed by atoms with van der Waals surface area (Å²) in [7, 11) is 0. The number of ether oxygens (including phenoxy) is 1. The maximum Gasteiger partial charge on any atom is 0.307 e. The van der Waals surface area contributed by atoms with E-state index < -0.39 is 5.97 Å². The quantitative estimate of drug-likeness (QED) is 0.559. The summed E-state index contributed by atoms with van der Waals surface area (Å²) in [6.45, 7) is -0.247. The van der Waals surface area contributed by atoms with Gasteiger partial charge in [-0.1, -0.05) is 35.5 Å². The smallest absolute Gasteiger partial charge is 0.307 e. The third-order valence-electron chi connectivity index (χ3n) is 4.25. The van der Waals surface area contributed by atoms with Crippen molar-refractivity contribution in [1.29, 1.82) is 0 Å². The van der Waals surface area contributed by atoms with Gasteiger partial charge in [-0.25, -0.2) is 0 Å². The van der Waals surface area contributed by atoms with Crippen LogP contribution in [0.25, 0.3) is 21.8 Å². The Kier molecular flexibility index (Phi) is 4.18. The number of rotatable bonds is 5. The van der Waals surface area contributed by atoms with E-state index >= 15 is 0 Å². The second-order valence-corrected chi connectivity index (χ2v) is 5.92. The molecule has 2 aromatic carbocycles. The number of fused-ring (bicyclic) bond motifs is 2. The molecule has 0 bridgehead atoms. The third-order valence-corrected chi connectivity index (χ3v) is 4.25. The fourth-order valence-corrected chi connectivity index (χ4v) is 2.89. The molecule has 26 heavy (non-hydrogen) atoms. The van der Waals surface area contributed by atoms with E-state index in [1.54, 1.807) is 24.3 Å². The molecule has 1 N–H and O–H groups in total. The van der Waals surface area contributed by atoms with E-state index in [1.165, 1.54) is 0 Å². The van der Waals surface area contributed by atoms with Crippen LogP contribution in [0.4, 0.5) is 0 Å². The highest BCUT2D eigenvalue weighted by atomic mass is 16.5. The van der Waals surface area contributed by atoms with Gasteiger partial charge in [-0.2, -0.15) is 4.68 Å². The van der Waals surface area contributed by atoms with Gasteiger partial charge >= 0.3 is 5.97 Å². The fraction of sp³-hybridized carbons (Fsp3) is 0.158. The standard InChI is InChI=1S/C19H16N4O3/c24-18(10-9-13-11-20-16-7-3-1-5-14(13)16)26-12-23-19(25)15-6-2-4-8-17(15)21-22-23/h1-8,11,20H,9-10,12H2. The molecule has 0 aliphatic carbocycles. The van der Waals surface area contributed by atoms with Gasteiger partial charge in [0, 0.05) is 23.5 Å². The Hall–Kier alpha value is -3.48. The topological polar surface area (TPSA) is 89.9 Å². The molecule has 2 aromatic heterocycles. The summed E-state index contributed by atoms with van der Waals surface area (Å²) in [6.07, 6.45) is 2.68. The van der Waals surface area contributed by atoms with Gasteiger partial charge in [-0.05, 0) is 30.2 Å². The number of aromatic nitrogens is 4. The minimum Gasteiger partial charge on any atom is -0.442 e. The van der Waals surface area contributed by atoms with Crippen molar-refractivity contribution in [2.24, 2.45) is 0 Å². The van der Waals surface area contributed by atoms with Gasteiger partial charge < -0.3 is 9.72 Å². The monoisotopic (exact) mass is 348 g/mol. The molecule has 130 valence electrons. The lowest BCUT2D eigenvalue weighted by Crippen LogP contribution is -2.26. The lowest BCUT2D eigenvalue weighted by atomic mass is 10.1. The minimum atomic E-state index is -0.392. The zero-order valence-corrected chi connectivity index (χ0v) is 13.9. The van der Waals surface area contributed by atoms with Crippen molar-refractivity contribution in [2.45, 2.75) is 19.6 Å². The van der Waals surface area contributed by atoms with Crippen molar-refractivity contribution in [3.63, 3.8) is 0 Å². The highest BCUT2D eigenvalue weighted by Crippen LogP contribution is 2.19. The van der Waals surface area contributed by atoms with Crippen LogP contribution in [0.1, 0.15) is 12.0 Å². The molecule has 0 aliphatic rings. The van der Waals surface area contributed by atoms with Crippen molar-refractivity contribution in [3.8, 4) is 0 Å². The van der Waals surface area contributed by atoms with E-state index in [2.05, 4.69) is 15.3 Å². The number of nitrogens with one attached hydrogen (secondary N) is 1. The van der Waals surface area contributed by atoms with Crippen LogP contribution in [0, 0.1) is 0 Å². The minimum absolute atomic E-state index is 0.220. The molecule has 4 aromatic rings. The molecule has 0 radical (unpaired) electrons. The van der Waals surface area contributed by atoms with Crippen LogP contribution in [-0.2, 0) is 22.7 Å². The summed E-state index contributed by atoms with van der Waals surface area (Å²) >= 11 is 0. The van der Waals surface area contributed by atoms with Crippen LogP contribution in [-0.4, -0.2) is 25.9 Å². The first-order chi connectivity index (χ1) is 12.7. The summed E-state index contributed by atoms with van der Waals surface area (Å²) in [6, 6.07) is 14.8. The van der Waals surface area contributed by atoms with Gasteiger partial charge in [0.2, 0.25) is 0 Å². The van der Waals surface area contributed by atoms with Crippen molar-refractivity contribution in [1.82, 2.24) is 20.0 Å². The number of hydrogen-bond donors (Lipinski definition) is 1. The Labute approximate surface area is 148 Å². The second-order valence-electron chi connectivity index (χ2n) is 5.92.